The molecule has 0 amide bonds. The Kier molecular flexibility index (Phi) is 6.69. The average molecular weight is 407 g/mol. The van der Waals surface area contributed by atoms with Gasteiger partial charge < -0.3 is 14.6 Å². The molecule has 5 nitrogen and oxygen atoms in total. The standard InChI is InChI=1S/C25H30N2O3/c1-2-29-16-17-30-24-9-8-21(23(26-24)18-20-6-4-3-5-7-20)10-13-25(28)19-27-14-11-22(25)12-15-27/h3-9,22,28H,2,11-12,14-19H2,1H3. The SMILES string of the molecule is CCOCCOc1ccc(C#CC2(O)CN3CCC2CC3)c(Cc2ccccc2)n1. The number of aliphatic hydroxyl groups is 1. The second-order valence-corrected chi connectivity index (χ2v) is 8.08. The first-order valence-corrected chi connectivity index (χ1v) is 10.9. The average Bonchev–Trinajstić information content (AvgIpc) is 2.77. The van der Waals surface area contributed by atoms with Gasteiger partial charge in [0, 0.05) is 37.1 Å². The number of pyridine rings is 1. The molecule has 3 saturated heterocycles. The van der Waals surface area contributed by atoms with Crippen molar-refractivity contribution in [3.8, 4) is 17.7 Å². The van der Waals surface area contributed by atoms with E-state index in [2.05, 4.69) is 28.9 Å². The fourth-order valence-corrected chi connectivity index (χ4v) is 4.30. The lowest BCUT2D eigenvalue weighted by Crippen LogP contribution is -2.58. The quantitative estimate of drug-likeness (QED) is 0.566. The van der Waals surface area contributed by atoms with E-state index in [-0.39, 0.29) is 5.92 Å². The molecule has 158 valence electrons. The van der Waals surface area contributed by atoms with Crippen molar-refractivity contribution in [2.45, 2.75) is 31.8 Å². The maximum atomic E-state index is 11.2. The van der Waals surface area contributed by atoms with Crippen molar-refractivity contribution in [2.75, 3.05) is 39.5 Å². The maximum absolute atomic E-state index is 11.2. The number of fused-ring (bicyclic) bond motifs is 3. The van der Waals surface area contributed by atoms with E-state index in [1.165, 1.54) is 5.56 Å². The lowest BCUT2D eigenvalue weighted by Gasteiger charge is -2.47. The van der Waals surface area contributed by atoms with Crippen molar-refractivity contribution in [2.24, 2.45) is 5.92 Å². The molecular formula is C25H30N2O3. The molecule has 1 N–H and O–H groups in total. The molecule has 2 aromatic rings. The number of nitrogens with zero attached hydrogens (tertiary/aromatic N) is 2. The van der Waals surface area contributed by atoms with Gasteiger partial charge >= 0.3 is 0 Å². The van der Waals surface area contributed by atoms with Gasteiger partial charge in [-0.3, -0.25) is 4.90 Å². The Morgan fingerprint density at radius 2 is 1.93 bits per heavy atom. The summed E-state index contributed by atoms with van der Waals surface area (Å²) in [5, 5.41) is 11.2. The van der Waals surface area contributed by atoms with Crippen LogP contribution in [0.5, 0.6) is 5.88 Å². The summed E-state index contributed by atoms with van der Waals surface area (Å²) in [6.07, 6.45) is 2.71. The van der Waals surface area contributed by atoms with Crippen LogP contribution in [0, 0.1) is 17.8 Å². The minimum absolute atomic E-state index is 0.265. The van der Waals surface area contributed by atoms with Crippen LogP contribution in [0.1, 0.15) is 36.6 Å². The Morgan fingerprint density at radius 3 is 2.63 bits per heavy atom. The molecule has 0 saturated carbocycles. The Balaban J connectivity index is 1.57. The summed E-state index contributed by atoms with van der Waals surface area (Å²) in [4.78, 5) is 7.04. The van der Waals surface area contributed by atoms with Crippen LogP contribution in [-0.2, 0) is 11.2 Å². The van der Waals surface area contributed by atoms with E-state index in [1.807, 2.05) is 37.3 Å². The zero-order valence-corrected chi connectivity index (χ0v) is 17.6. The van der Waals surface area contributed by atoms with E-state index in [1.54, 1.807) is 0 Å². The highest BCUT2D eigenvalue weighted by Gasteiger charge is 2.44. The molecule has 1 atom stereocenters. The van der Waals surface area contributed by atoms with Crippen molar-refractivity contribution < 1.29 is 14.6 Å². The molecule has 30 heavy (non-hydrogen) atoms. The van der Waals surface area contributed by atoms with Crippen LogP contribution in [0.3, 0.4) is 0 Å². The molecule has 1 aromatic carbocycles. The summed E-state index contributed by atoms with van der Waals surface area (Å²) < 4.78 is 11.1. The van der Waals surface area contributed by atoms with Gasteiger partial charge in [-0.25, -0.2) is 4.98 Å². The highest BCUT2D eigenvalue weighted by molar-refractivity contribution is 5.44. The summed E-state index contributed by atoms with van der Waals surface area (Å²) >= 11 is 0. The van der Waals surface area contributed by atoms with Gasteiger partial charge in [-0.05, 0) is 44.5 Å². The number of aromatic nitrogens is 1. The molecule has 3 fully saturated rings. The summed E-state index contributed by atoms with van der Waals surface area (Å²) in [6.45, 7) is 6.43. The van der Waals surface area contributed by atoms with Crippen LogP contribution in [0.4, 0.5) is 0 Å². The zero-order valence-electron chi connectivity index (χ0n) is 17.6. The van der Waals surface area contributed by atoms with E-state index in [9.17, 15) is 5.11 Å². The summed E-state index contributed by atoms with van der Waals surface area (Å²) in [7, 11) is 0. The lowest BCUT2D eigenvalue weighted by atomic mass is 9.75. The monoisotopic (exact) mass is 406 g/mol. The van der Waals surface area contributed by atoms with Gasteiger partial charge in [-0.1, -0.05) is 42.2 Å². The van der Waals surface area contributed by atoms with Gasteiger partial charge in [0.15, 0.2) is 0 Å². The first-order chi connectivity index (χ1) is 14.7. The van der Waals surface area contributed by atoms with E-state index >= 15 is 0 Å². The number of hydrogen-bond acceptors (Lipinski definition) is 5. The minimum atomic E-state index is -0.923. The van der Waals surface area contributed by atoms with E-state index in [0.29, 0.717) is 38.7 Å². The summed E-state index contributed by atoms with van der Waals surface area (Å²) in [5.74, 6) is 7.32. The van der Waals surface area contributed by atoms with E-state index in [4.69, 9.17) is 14.5 Å². The van der Waals surface area contributed by atoms with E-state index in [0.717, 1.165) is 37.2 Å². The van der Waals surface area contributed by atoms with Gasteiger partial charge in [0.25, 0.3) is 0 Å². The first-order valence-electron chi connectivity index (χ1n) is 10.9. The van der Waals surface area contributed by atoms with Gasteiger partial charge in [0.05, 0.1) is 12.3 Å². The normalized spacial score (nSPS) is 24.9. The molecule has 3 aliphatic rings. The van der Waals surface area contributed by atoms with Crippen LogP contribution in [0.25, 0.3) is 0 Å². The van der Waals surface area contributed by atoms with Crippen LogP contribution >= 0.6 is 0 Å². The second-order valence-electron chi connectivity index (χ2n) is 8.08. The van der Waals surface area contributed by atoms with Gasteiger partial charge in [0.1, 0.15) is 12.2 Å². The van der Waals surface area contributed by atoms with Crippen molar-refractivity contribution in [1.82, 2.24) is 9.88 Å². The molecule has 3 aliphatic heterocycles. The molecule has 5 rings (SSSR count). The van der Waals surface area contributed by atoms with Gasteiger partial charge in [0.2, 0.25) is 5.88 Å². The summed E-state index contributed by atoms with van der Waals surface area (Å²) in [6, 6.07) is 14.0. The Labute approximate surface area is 179 Å². The van der Waals surface area contributed by atoms with Gasteiger partial charge in [-0.2, -0.15) is 0 Å². The number of piperidine rings is 3. The van der Waals surface area contributed by atoms with E-state index < -0.39 is 5.60 Å². The minimum Gasteiger partial charge on any atom is -0.475 e. The molecule has 5 heteroatoms. The largest absolute Gasteiger partial charge is 0.475 e. The first kappa shape index (κ1) is 20.9. The number of rotatable bonds is 7. The molecule has 0 spiro atoms. The van der Waals surface area contributed by atoms with Crippen molar-refractivity contribution in [1.29, 1.82) is 0 Å². The molecule has 4 heterocycles. The highest BCUT2D eigenvalue weighted by Crippen LogP contribution is 2.35. The molecule has 0 radical (unpaired) electrons. The fraction of sp³-hybridized carbons (Fsp3) is 0.480. The Hall–Kier alpha value is -2.39. The number of hydrogen-bond donors (Lipinski definition) is 1. The van der Waals surface area contributed by atoms with Crippen LogP contribution in [0.2, 0.25) is 0 Å². The summed E-state index contributed by atoms with van der Waals surface area (Å²) in [5.41, 5.74) is 1.96. The fourth-order valence-electron chi connectivity index (χ4n) is 4.30. The van der Waals surface area contributed by atoms with Crippen molar-refractivity contribution >= 4 is 0 Å². The molecular weight excluding hydrogens is 376 g/mol. The lowest BCUT2D eigenvalue weighted by molar-refractivity contribution is -0.0713. The third-order valence-electron chi connectivity index (χ3n) is 5.99. The smallest absolute Gasteiger partial charge is 0.213 e. The molecule has 2 bridgehead atoms. The maximum Gasteiger partial charge on any atom is 0.213 e. The van der Waals surface area contributed by atoms with Crippen LogP contribution in [-0.4, -0.2) is 60.0 Å². The Bertz CT molecular complexity index is 898. The third-order valence-corrected chi connectivity index (χ3v) is 5.99. The Morgan fingerprint density at radius 1 is 1.13 bits per heavy atom. The van der Waals surface area contributed by atoms with Crippen LogP contribution < -0.4 is 4.74 Å². The van der Waals surface area contributed by atoms with Crippen LogP contribution in [0.15, 0.2) is 42.5 Å². The third kappa shape index (κ3) is 5.02. The molecule has 0 aliphatic carbocycles. The van der Waals surface area contributed by atoms with Gasteiger partial charge in [-0.15, -0.1) is 0 Å². The second kappa shape index (κ2) is 9.61. The highest BCUT2D eigenvalue weighted by atomic mass is 16.5. The zero-order chi connectivity index (χ0) is 20.8. The number of ether oxygens (including phenoxy) is 2. The molecule has 1 aromatic heterocycles. The topological polar surface area (TPSA) is 54.8 Å². The predicted molar refractivity (Wildman–Crippen MR) is 116 cm³/mol. The van der Waals surface area contributed by atoms with Crippen molar-refractivity contribution in [3.63, 3.8) is 0 Å². The molecule has 1 unspecified atom stereocenters. The van der Waals surface area contributed by atoms with Crippen molar-refractivity contribution in [3.05, 3.63) is 59.3 Å². The number of benzene rings is 1. The predicted octanol–water partition coefficient (Wildman–Crippen LogP) is 2.90.